The third-order valence-corrected chi connectivity index (χ3v) is 4.83. The Morgan fingerprint density at radius 3 is 2.79 bits per heavy atom. The van der Waals surface area contributed by atoms with Crippen LogP contribution in [0.15, 0.2) is 29.5 Å². The fourth-order valence-electron chi connectivity index (χ4n) is 3.68. The lowest BCUT2D eigenvalue weighted by molar-refractivity contribution is 0.686. The zero-order valence-electron chi connectivity index (χ0n) is 13.6. The monoisotopic (exact) mass is 320 g/mol. The van der Waals surface area contributed by atoms with Gasteiger partial charge in [-0.1, -0.05) is 0 Å². The molecule has 5 N–H and O–H groups in total. The van der Waals surface area contributed by atoms with E-state index in [-0.39, 0.29) is 0 Å². The SMILES string of the molecule is CN=C(N)C(=CN)c1nc2ccc3[nH]ncc3c2c2c1CCCC2. The Balaban J connectivity index is 2.11. The smallest absolute Gasteiger partial charge is 0.129 e. The number of benzene rings is 1. The highest BCUT2D eigenvalue weighted by atomic mass is 15.1. The molecular formula is C18H20N6. The summed E-state index contributed by atoms with van der Waals surface area (Å²) in [5, 5.41) is 9.56. The van der Waals surface area contributed by atoms with Gasteiger partial charge in [0.25, 0.3) is 0 Å². The highest BCUT2D eigenvalue weighted by Crippen LogP contribution is 2.36. The predicted molar refractivity (Wildman–Crippen MR) is 97.7 cm³/mol. The Labute approximate surface area is 139 Å². The van der Waals surface area contributed by atoms with Crippen LogP contribution in [0.4, 0.5) is 0 Å². The maximum absolute atomic E-state index is 6.06. The molecule has 0 saturated carbocycles. The van der Waals surface area contributed by atoms with Crippen molar-refractivity contribution in [3.05, 3.63) is 41.4 Å². The first-order valence-electron chi connectivity index (χ1n) is 8.17. The van der Waals surface area contributed by atoms with Gasteiger partial charge in [0.15, 0.2) is 0 Å². The molecule has 1 aliphatic carbocycles. The molecule has 6 heteroatoms. The first kappa shape index (κ1) is 14.7. The molecule has 2 heterocycles. The van der Waals surface area contributed by atoms with Gasteiger partial charge in [-0.05, 0) is 48.9 Å². The van der Waals surface area contributed by atoms with E-state index in [1.165, 1.54) is 29.1 Å². The van der Waals surface area contributed by atoms with Gasteiger partial charge in [0, 0.05) is 24.0 Å². The van der Waals surface area contributed by atoms with E-state index in [0.717, 1.165) is 41.4 Å². The maximum Gasteiger partial charge on any atom is 0.129 e. The predicted octanol–water partition coefficient (Wildman–Crippen LogP) is 2.28. The molecule has 3 aromatic rings. The molecule has 122 valence electrons. The van der Waals surface area contributed by atoms with E-state index in [2.05, 4.69) is 15.2 Å². The number of aromatic nitrogens is 3. The molecular weight excluding hydrogens is 300 g/mol. The van der Waals surface area contributed by atoms with Crippen LogP contribution in [0.1, 0.15) is 29.7 Å². The molecule has 0 fully saturated rings. The minimum Gasteiger partial charge on any atom is -0.404 e. The van der Waals surface area contributed by atoms with Gasteiger partial charge in [-0.15, -0.1) is 0 Å². The van der Waals surface area contributed by atoms with E-state index in [9.17, 15) is 0 Å². The number of aliphatic imine (C=N–C) groups is 1. The van der Waals surface area contributed by atoms with Gasteiger partial charge < -0.3 is 11.5 Å². The number of pyridine rings is 1. The summed E-state index contributed by atoms with van der Waals surface area (Å²) in [6.07, 6.45) is 7.74. The van der Waals surface area contributed by atoms with Crippen molar-refractivity contribution in [3.63, 3.8) is 0 Å². The average molecular weight is 320 g/mol. The van der Waals surface area contributed by atoms with Crippen LogP contribution in [0.3, 0.4) is 0 Å². The zero-order valence-corrected chi connectivity index (χ0v) is 13.6. The van der Waals surface area contributed by atoms with Gasteiger partial charge in [0.2, 0.25) is 0 Å². The van der Waals surface area contributed by atoms with Gasteiger partial charge in [0.1, 0.15) is 5.84 Å². The van der Waals surface area contributed by atoms with Crippen LogP contribution < -0.4 is 11.5 Å². The van der Waals surface area contributed by atoms with Crippen LogP contribution in [0.2, 0.25) is 0 Å². The molecule has 0 unspecified atom stereocenters. The summed E-state index contributed by atoms with van der Waals surface area (Å²) in [7, 11) is 1.67. The largest absolute Gasteiger partial charge is 0.404 e. The van der Waals surface area contributed by atoms with Crippen molar-refractivity contribution >= 4 is 33.2 Å². The molecule has 0 saturated heterocycles. The lowest BCUT2D eigenvalue weighted by Gasteiger charge is -2.22. The second kappa shape index (κ2) is 5.63. The Bertz CT molecular complexity index is 996. The van der Waals surface area contributed by atoms with Gasteiger partial charge >= 0.3 is 0 Å². The number of fused-ring (bicyclic) bond motifs is 5. The van der Waals surface area contributed by atoms with E-state index in [1.54, 1.807) is 7.05 Å². The molecule has 1 aliphatic rings. The number of rotatable bonds is 2. The summed E-state index contributed by atoms with van der Waals surface area (Å²) < 4.78 is 0. The van der Waals surface area contributed by atoms with E-state index in [1.807, 2.05) is 18.3 Å². The van der Waals surface area contributed by atoms with Gasteiger partial charge in [-0.2, -0.15) is 5.10 Å². The zero-order chi connectivity index (χ0) is 16.7. The average Bonchev–Trinajstić information content (AvgIpc) is 3.10. The Kier molecular flexibility index (Phi) is 3.45. The molecule has 0 atom stereocenters. The standard InChI is InChI=1S/C18H20N6/c1-21-18(20)12(8-19)17-11-5-3-2-4-10(11)16-13-9-22-24-14(13)6-7-15(16)23-17/h6-9H,2-5,19H2,1H3,(H2,20,21)(H,22,24). The van der Waals surface area contributed by atoms with E-state index in [4.69, 9.17) is 16.5 Å². The third-order valence-electron chi connectivity index (χ3n) is 4.83. The van der Waals surface area contributed by atoms with Gasteiger partial charge in [-0.3, -0.25) is 10.1 Å². The summed E-state index contributed by atoms with van der Waals surface area (Å²) in [6.45, 7) is 0. The molecule has 0 radical (unpaired) electrons. The molecule has 0 bridgehead atoms. The molecule has 0 spiro atoms. The quantitative estimate of drug-likeness (QED) is 0.497. The number of H-pyrrole nitrogens is 1. The van der Waals surface area contributed by atoms with Crippen molar-refractivity contribution in [2.75, 3.05) is 7.05 Å². The highest BCUT2D eigenvalue weighted by Gasteiger charge is 2.23. The fraction of sp³-hybridized carbons (Fsp3) is 0.278. The molecule has 2 aromatic heterocycles. The van der Waals surface area contributed by atoms with E-state index in [0.29, 0.717) is 11.4 Å². The number of nitrogens with zero attached hydrogens (tertiary/aromatic N) is 3. The first-order valence-corrected chi connectivity index (χ1v) is 8.17. The molecule has 24 heavy (non-hydrogen) atoms. The number of nitrogens with one attached hydrogen (secondary N) is 1. The normalized spacial score (nSPS) is 15.9. The van der Waals surface area contributed by atoms with Gasteiger partial charge in [-0.25, -0.2) is 4.98 Å². The molecule has 1 aromatic carbocycles. The van der Waals surface area contributed by atoms with Crippen molar-refractivity contribution in [3.8, 4) is 0 Å². The summed E-state index contributed by atoms with van der Waals surface area (Å²) in [4.78, 5) is 9.01. The number of nitrogens with two attached hydrogens (primary N) is 2. The van der Waals surface area contributed by atoms with Crippen LogP contribution in [-0.4, -0.2) is 28.1 Å². The van der Waals surface area contributed by atoms with Gasteiger partial charge in [0.05, 0.1) is 28.5 Å². The topological polar surface area (TPSA) is 106 Å². The number of hydrogen-bond donors (Lipinski definition) is 3. The summed E-state index contributed by atoms with van der Waals surface area (Å²) in [5.74, 6) is 0.418. The summed E-state index contributed by atoms with van der Waals surface area (Å²) >= 11 is 0. The Morgan fingerprint density at radius 1 is 1.25 bits per heavy atom. The highest BCUT2D eigenvalue weighted by molar-refractivity contribution is 6.22. The van der Waals surface area contributed by atoms with Crippen LogP contribution in [0, 0.1) is 0 Å². The molecule has 6 nitrogen and oxygen atoms in total. The number of aromatic amines is 1. The van der Waals surface area contributed by atoms with Crippen LogP contribution in [0.5, 0.6) is 0 Å². The van der Waals surface area contributed by atoms with Crippen molar-refractivity contribution in [2.45, 2.75) is 25.7 Å². The van der Waals surface area contributed by atoms with Crippen LogP contribution in [0.25, 0.3) is 27.4 Å². The van der Waals surface area contributed by atoms with Crippen molar-refractivity contribution in [2.24, 2.45) is 16.5 Å². The van der Waals surface area contributed by atoms with Crippen LogP contribution >= 0.6 is 0 Å². The molecule has 4 rings (SSSR count). The number of hydrogen-bond acceptors (Lipinski definition) is 4. The van der Waals surface area contributed by atoms with Crippen molar-refractivity contribution < 1.29 is 0 Å². The summed E-state index contributed by atoms with van der Waals surface area (Å²) in [5.41, 5.74) is 18.1. The fourth-order valence-corrected chi connectivity index (χ4v) is 3.68. The van der Waals surface area contributed by atoms with Crippen LogP contribution in [-0.2, 0) is 12.8 Å². The van der Waals surface area contributed by atoms with Crippen molar-refractivity contribution in [1.82, 2.24) is 15.2 Å². The molecule has 0 amide bonds. The third kappa shape index (κ3) is 2.06. The summed E-state index contributed by atoms with van der Waals surface area (Å²) in [6, 6.07) is 4.04. The molecule has 0 aliphatic heterocycles. The second-order valence-corrected chi connectivity index (χ2v) is 6.10. The lowest BCUT2D eigenvalue weighted by atomic mass is 9.85. The minimum atomic E-state index is 0.418. The maximum atomic E-state index is 6.06. The number of amidine groups is 1. The minimum absolute atomic E-state index is 0.418. The second-order valence-electron chi connectivity index (χ2n) is 6.10. The first-order chi connectivity index (χ1) is 11.7. The van der Waals surface area contributed by atoms with E-state index < -0.39 is 0 Å². The Morgan fingerprint density at radius 2 is 2.04 bits per heavy atom. The Hall–Kier alpha value is -2.89. The van der Waals surface area contributed by atoms with Crippen molar-refractivity contribution in [1.29, 1.82) is 0 Å². The number of aryl methyl sites for hydroxylation is 1. The van der Waals surface area contributed by atoms with E-state index >= 15 is 0 Å². The lowest BCUT2D eigenvalue weighted by Crippen LogP contribution is -2.19.